The molecular formula is C26H21N3O6. The fourth-order valence-electron chi connectivity index (χ4n) is 3.63. The highest BCUT2D eigenvalue weighted by molar-refractivity contribution is 6.22. The molecule has 0 fully saturated rings. The van der Waals surface area contributed by atoms with Crippen LogP contribution >= 0.6 is 0 Å². The summed E-state index contributed by atoms with van der Waals surface area (Å²) in [6, 6.07) is 19.5. The zero-order valence-corrected chi connectivity index (χ0v) is 18.7. The van der Waals surface area contributed by atoms with Crippen LogP contribution in [0.4, 0.5) is 5.69 Å². The van der Waals surface area contributed by atoms with Gasteiger partial charge in [-0.2, -0.15) is 0 Å². The van der Waals surface area contributed by atoms with Crippen molar-refractivity contribution in [3.8, 4) is 5.75 Å². The minimum absolute atomic E-state index is 0.0615. The maximum atomic E-state index is 12.7. The summed E-state index contributed by atoms with van der Waals surface area (Å²) in [4.78, 5) is 62.2. The van der Waals surface area contributed by atoms with Crippen molar-refractivity contribution in [3.63, 3.8) is 0 Å². The fourth-order valence-corrected chi connectivity index (χ4v) is 3.63. The lowest BCUT2D eigenvalue weighted by Crippen LogP contribution is -2.40. The van der Waals surface area contributed by atoms with Crippen molar-refractivity contribution < 1.29 is 28.7 Å². The molecule has 3 aromatic carbocycles. The van der Waals surface area contributed by atoms with E-state index in [9.17, 15) is 24.0 Å². The fraction of sp³-hybridized carbons (Fsp3) is 0.115. The number of nitrogens with one attached hydrogen (secondary N) is 2. The number of esters is 1. The maximum Gasteiger partial charge on any atom is 0.308 e. The Kier molecular flexibility index (Phi) is 6.68. The number of carbonyl (C=O) groups excluding carboxylic acids is 5. The zero-order chi connectivity index (χ0) is 24.9. The number of anilines is 1. The van der Waals surface area contributed by atoms with E-state index in [4.69, 9.17) is 4.74 Å². The van der Waals surface area contributed by atoms with Gasteiger partial charge >= 0.3 is 5.97 Å². The van der Waals surface area contributed by atoms with Crippen LogP contribution in [0.15, 0.2) is 72.8 Å². The molecule has 1 aliphatic rings. The van der Waals surface area contributed by atoms with E-state index < -0.39 is 36.1 Å². The second kappa shape index (κ2) is 10.0. The van der Waals surface area contributed by atoms with Crippen LogP contribution in [0.2, 0.25) is 0 Å². The summed E-state index contributed by atoms with van der Waals surface area (Å²) in [5, 5.41) is 5.46. The second-order valence-corrected chi connectivity index (χ2v) is 7.75. The Bertz CT molecular complexity index is 1320. The van der Waals surface area contributed by atoms with Crippen LogP contribution in [-0.4, -0.2) is 41.0 Å². The lowest BCUT2D eigenvalue weighted by molar-refractivity contribution is -0.131. The minimum Gasteiger partial charge on any atom is -0.427 e. The lowest BCUT2D eigenvalue weighted by atomic mass is 10.1. The van der Waals surface area contributed by atoms with Crippen molar-refractivity contribution in [2.75, 3.05) is 11.9 Å². The summed E-state index contributed by atoms with van der Waals surface area (Å²) in [5.74, 6) is -2.21. The molecule has 0 aromatic heterocycles. The zero-order valence-electron chi connectivity index (χ0n) is 18.7. The first-order chi connectivity index (χ1) is 16.8. The molecule has 0 saturated heterocycles. The number of amides is 4. The molecule has 1 aliphatic heterocycles. The molecule has 176 valence electrons. The summed E-state index contributed by atoms with van der Waals surface area (Å²) in [7, 11) is 0. The Morgan fingerprint density at radius 3 is 2.20 bits per heavy atom. The predicted octanol–water partition coefficient (Wildman–Crippen LogP) is 2.78. The Hall–Kier alpha value is -4.79. The number of benzene rings is 3. The molecule has 2 N–H and O–H groups in total. The number of imide groups is 1. The Morgan fingerprint density at radius 1 is 0.857 bits per heavy atom. The highest BCUT2D eigenvalue weighted by Crippen LogP contribution is 2.22. The van der Waals surface area contributed by atoms with Crippen molar-refractivity contribution in [1.29, 1.82) is 0 Å². The number of carbonyl (C=O) groups is 5. The smallest absolute Gasteiger partial charge is 0.308 e. The summed E-state index contributed by atoms with van der Waals surface area (Å²) in [6.45, 7) is 0.918. The van der Waals surface area contributed by atoms with Gasteiger partial charge in [-0.3, -0.25) is 28.9 Å². The maximum absolute atomic E-state index is 12.7. The Labute approximate surface area is 200 Å². The van der Waals surface area contributed by atoms with Gasteiger partial charge < -0.3 is 15.4 Å². The first kappa shape index (κ1) is 23.4. The van der Waals surface area contributed by atoms with Crippen molar-refractivity contribution in [3.05, 3.63) is 95.1 Å². The molecular weight excluding hydrogens is 450 g/mol. The third kappa shape index (κ3) is 5.25. The predicted molar refractivity (Wildman–Crippen MR) is 126 cm³/mol. The Morgan fingerprint density at radius 2 is 1.51 bits per heavy atom. The largest absolute Gasteiger partial charge is 0.427 e. The summed E-state index contributed by atoms with van der Waals surface area (Å²) >= 11 is 0. The van der Waals surface area contributed by atoms with E-state index in [1.165, 1.54) is 13.0 Å². The minimum atomic E-state index is -0.519. The average Bonchev–Trinajstić information content (AvgIpc) is 3.08. The van der Waals surface area contributed by atoms with Gasteiger partial charge in [-0.15, -0.1) is 0 Å². The molecule has 0 aliphatic carbocycles. The summed E-state index contributed by atoms with van der Waals surface area (Å²) < 4.78 is 5.02. The van der Waals surface area contributed by atoms with Crippen LogP contribution in [0.5, 0.6) is 5.75 Å². The van der Waals surface area contributed by atoms with Crippen molar-refractivity contribution >= 4 is 35.3 Å². The third-order valence-electron chi connectivity index (χ3n) is 5.28. The van der Waals surface area contributed by atoms with Crippen molar-refractivity contribution in [2.45, 2.75) is 13.5 Å². The number of ether oxygens (including phenoxy) is 1. The number of para-hydroxylation sites is 1. The SMILES string of the molecule is CC(=O)Oc1cccc(C(=O)Nc2ccccc2CNC(=O)CN2C(=O)c3ccccc3C2=O)c1. The number of nitrogens with zero attached hydrogens (tertiary/aromatic N) is 1. The van der Waals surface area contributed by atoms with Crippen molar-refractivity contribution in [1.82, 2.24) is 10.2 Å². The number of rotatable bonds is 7. The van der Waals surface area contributed by atoms with E-state index in [1.54, 1.807) is 66.7 Å². The highest BCUT2D eigenvalue weighted by atomic mass is 16.5. The van der Waals surface area contributed by atoms with E-state index >= 15 is 0 Å². The number of hydrogen-bond donors (Lipinski definition) is 2. The first-order valence-corrected chi connectivity index (χ1v) is 10.7. The van der Waals surface area contributed by atoms with Crippen molar-refractivity contribution in [2.24, 2.45) is 0 Å². The van der Waals surface area contributed by atoms with Gasteiger partial charge in [0, 0.05) is 24.7 Å². The topological polar surface area (TPSA) is 122 Å². The van der Waals surface area contributed by atoms with E-state index in [0.717, 1.165) is 4.90 Å². The van der Waals surface area contributed by atoms with Crippen LogP contribution in [-0.2, 0) is 16.1 Å². The van der Waals surface area contributed by atoms with Gasteiger partial charge in [0.1, 0.15) is 12.3 Å². The molecule has 0 spiro atoms. The second-order valence-electron chi connectivity index (χ2n) is 7.75. The van der Waals surface area contributed by atoms with Gasteiger partial charge in [-0.05, 0) is 42.0 Å². The molecule has 0 bridgehead atoms. The van der Waals surface area contributed by atoms with Crippen LogP contribution in [0.3, 0.4) is 0 Å². The standard InChI is InChI=1S/C26H21N3O6/c1-16(30)35-19-9-6-8-17(13-19)24(32)28-22-12-5-2-7-18(22)14-27-23(31)15-29-25(33)20-10-3-4-11-21(20)26(29)34/h2-13H,14-15H2,1H3,(H,27,31)(H,28,32). The van der Waals surface area contributed by atoms with E-state index in [1.807, 2.05) is 0 Å². The quantitative estimate of drug-likeness (QED) is 0.310. The normalized spacial score (nSPS) is 12.2. The van der Waals surface area contributed by atoms with Gasteiger partial charge in [0.2, 0.25) is 5.91 Å². The van der Waals surface area contributed by atoms with Crippen LogP contribution < -0.4 is 15.4 Å². The molecule has 9 heteroatoms. The number of fused-ring (bicyclic) bond motifs is 1. The molecule has 0 radical (unpaired) electrons. The molecule has 9 nitrogen and oxygen atoms in total. The Balaban J connectivity index is 1.39. The lowest BCUT2D eigenvalue weighted by Gasteiger charge is -2.15. The van der Waals surface area contributed by atoms with Crippen LogP contribution in [0, 0.1) is 0 Å². The molecule has 0 atom stereocenters. The van der Waals surface area contributed by atoms with E-state index in [2.05, 4.69) is 10.6 Å². The van der Waals surface area contributed by atoms with Gasteiger partial charge in [0.05, 0.1) is 11.1 Å². The molecule has 4 rings (SSSR count). The van der Waals surface area contributed by atoms with E-state index in [0.29, 0.717) is 11.3 Å². The van der Waals surface area contributed by atoms with Gasteiger partial charge in [-0.1, -0.05) is 36.4 Å². The third-order valence-corrected chi connectivity index (χ3v) is 5.28. The van der Waals surface area contributed by atoms with E-state index in [-0.39, 0.29) is 29.0 Å². The molecule has 3 aromatic rings. The first-order valence-electron chi connectivity index (χ1n) is 10.7. The van der Waals surface area contributed by atoms with Crippen LogP contribution in [0.1, 0.15) is 43.6 Å². The molecule has 35 heavy (non-hydrogen) atoms. The van der Waals surface area contributed by atoms with Gasteiger partial charge in [0.25, 0.3) is 17.7 Å². The van der Waals surface area contributed by atoms with Crippen LogP contribution in [0.25, 0.3) is 0 Å². The molecule has 0 unspecified atom stereocenters. The number of hydrogen-bond acceptors (Lipinski definition) is 6. The monoisotopic (exact) mass is 471 g/mol. The van der Waals surface area contributed by atoms with Gasteiger partial charge in [0.15, 0.2) is 0 Å². The summed E-state index contributed by atoms with van der Waals surface area (Å²) in [5.41, 5.74) is 1.92. The molecule has 4 amide bonds. The molecule has 1 heterocycles. The van der Waals surface area contributed by atoms with Gasteiger partial charge in [-0.25, -0.2) is 0 Å². The molecule has 0 saturated carbocycles. The average molecular weight is 471 g/mol. The summed E-state index contributed by atoms with van der Waals surface area (Å²) in [6.07, 6.45) is 0. The highest BCUT2D eigenvalue weighted by Gasteiger charge is 2.36.